The summed E-state index contributed by atoms with van der Waals surface area (Å²) in [6.07, 6.45) is 4.36. The van der Waals surface area contributed by atoms with Crippen LogP contribution in [0.4, 0.5) is 0 Å². The number of rotatable bonds is 4. The lowest BCUT2D eigenvalue weighted by Gasteiger charge is -2.36. The molecule has 10 aromatic rings. The van der Waals surface area contributed by atoms with Gasteiger partial charge in [0, 0.05) is 57.0 Å². The Labute approximate surface area is 329 Å². The van der Waals surface area contributed by atoms with E-state index in [2.05, 4.69) is 121 Å². The number of hydrogen-bond donors (Lipinski definition) is 0. The second-order valence-corrected chi connectivity index (χ2v) is 16.5. The molecule has 0 radical (unpaired) electrons. The van der Waals surface area contributed by atoms with Crippen LogP contribution < -0.4 is 15.6 Å². The van der Waals surface area contributed by atoms with E-state index in [1.165, 1.54) is 0 Å². The summed E-state index contributed by atoms with van der Waals surface area (Å²) < 4.78 is 11.1. The van der Waals surface area contributed by atoms with Crippen molar-refractivity contribution in [3.8, 4) is 28.0 Å². The van der Waals surface area contributed by atoms with Crippen LogP contribution in [-0.4, -0.2) is 0 Å². The van der Waals surface area contributed by atoms with Gasteiger partial charge >= 0.3 is 0 Å². The summed E-state index contributed by atoms with van der Waals surface area (Å²) in [4.78, 5) is 27.0. The molecule has 3 heterocycles. The van der Waals surface area contributed by atoms with Crippen LogP contribution in [0.2, 0.25) is 0 Å². The van der Waals surface area contributed by atoms with Crippen LogP contribution >= 0.6 is 22.7 Å². The third-order valence-electron chi connectivity index (χ3n) is 11.1. The molecule has 0 fully saturated rings. The Balaban J connectivity index is 1.01. The Kier molecular flexibility index (Phi) is 7.43. The fraction of sp³-hybridized carbons (Fsp3) is 0.0196. The molecule has 8 aromatic carbocycles. The molecule has 2 aromatic heterocycles. The Morgan fingerprint density at radius 1 is 0.411 bits per heavy atom. The maximum atomic E-state index is 13.5. The van der Waals surface area contributed by atoms with Crippen LogP contribution in [-0.2, 0) is 5.60 Å². The minimum atomic E-state index is -0.912. The van der Waals surface area contributed by atoms with E-state index in [1.54, 1.807) is 22.7 Å². The average Bonchev–Trinajstić information content (AvgIpc) is 3.26. The van der Waals surface area contributed by atoms with Gasteiger partial charge in [0.05, 0.1) is 0 Å². The zero-order chi connectivity index (χ0) is 37.4. The van der Waals surface area contributed by atoms with Crippen molar-refractivity contribution in [3.63, 3.8) is 0 Å². The van der Waals surface area contributed by atoms with Crippen molar-refractivity contribution in [1.29, 1.82) is 0 Å². The van der Waals surface area contributed by atoms with Gasteiger partial charge < -0.3 is 4.74 Å². The average molecular weight is 755 g/mol. The highest BCUT2D eigenvalue weighted by Crippen LogP contribution is 2.45. The quantitative estimate of drug-likeness (QED) is 0.168. The Bertz CT molecular complexity index is 3200. The predicted octanol–water partition coefficient (Wildman–Crippen LogP) is 13.0. The van der Waals surface area contributed by atoms with Crippen LogP contribution in [0, 0.1) is 0 Å². The Hall–Kier alpha value is -6.66. The molecule has 5 heteroatoms. The van der Waals surface area contributed by atoms with E-state index in [0.29, 0.717) is 0 Å². The second-order valence-electron chi connectivity index (χ2n) is 14.3. The van der Waals surface area contributed by atoms with Crippen LogP contribution in [0.5, 0.6) is 5.75 Å². The third kappa shape index (κ3) is 5.16. The van der Waals surface area contributed by atoms with Crippen molar-refractivity contribution in [2.45, 2.75) is 5.60 Å². The molecule has 1 aliphatic heterocycles. The molecule has 0 saturated carbocycles. The molecule has 0 aliphatic carbocycles. The van der Waals surface area contributed by atoms with Gasteiger partial charge in [-0.1, -0.05) is 115 Å². The van der Waals surface area contributed by atoms with Crippen molar-refractivity contribution in [2.24, 2.45) is 0 Å². The minimum absolute atomic E-state index is 0.0633. The molecular formula is C51H30O3S2. The van der Waals surface area contributed by atoms with Crippen molar-refractivity contribution in [2.75, 3.05) is 0 Å². The highest BCUT2D eigenvalue weighted by atomic mass is 32.1. The smallest absolute Gasteiger partial charge is 0.195 e. The van der Waals surface area contributed by atoms with E-state index < -0.39 is 5.60 Å². The molecule has 0 saturated heterocycles. The van der Waals surface area contributed by atoms with E-state index in [-0.39, 0.29) is 10.9 Å². The van der Waals surface area contributed by atoms with Gasteiger partial charge in [0.2, 0.25) is 0 Å². The van der Waals surface area contributed by atoms with Crippen LogP contribution in [0.15, 0.2) is 186 Å². The van der Waals surface area contributed by atoms with E-state index >= 15 is 0 Å². The SMILES string of the molecule is O=c1c2ccccc2sc2ccc(-c3ccc(C4(c5ccc(-c6ccc7sc8ccccc8c(=O)c7c6)cc5)C=Cc5c(ccc6ccccc56)O4)cc3)cc12. The Morgan fingerprint density at radius 2 is 0.875 bits per heavy atom. The summed E-state index contributed by atoms with van der Waals surface area (Å²) in [6, 6.07) is 57.6. The summed E-state index contributed by atoms with van der Waals surface area (Å²) in [5, 5.41) is 5.29. The fourth-order valence-electron chi connectivity index (χ4n) is 8.21. The summed E-state index contributed by atoms with van der Waals surface area (Å²) in [5.41, 5.74) is 6.26. The van der Waals surface area contributed by atoms with Crippen LogP contribution in [0.1, 0.15) is 16.7 Å². The van der Waals surface area contributed by atoms with Crippen LogP contribution in [0.25, 0.3) is 79.4 Å². The van der Waals surface area contributed by atoms with E-state index in [0.717, 1.165) is 95.8 Å². The summed E-state index contributed by atoms with van der Waals surface area (Å²) in [7, 11) is 0. The Morgan fingerprint density at radius 3 is 1.43 bits per heavy atom. The summed E-state index contributed by atoms with van der Waals surface area (Å²) >= 11 is 3.29. The second kappa shape index (κ2) is 12.7. The standard InChI is InChI=1S/C51H30O3S2/c52-49-40-9-3-5-11-45(40)55-47-25-18-34(29-42(47)49)31-13-20-36(21-14-31)51(28-27-39-38-8-2-1-7-33(38)17-24-44(39)54-51)37-22-15-32(16-23-37)35-19-26-48-43(30-35)50(53)41-10-4-6-12-46(41)56-48/h1-30H. The van der Waals surface area contributed by atoms with Gasteiger partial charge in [0.25, 0.3) is 0 Å². The molecule has 11 rings (SSSR count). The van der Waals surface area contributed by atoms with Crippen LogP contribution in [0.3, 0.4) is 0 Å². The number of ether oxygens (including phenoxy) is 1. The summed E-state index contributed by atoms with van der Waals surface area (Å²) in [6.45, 7) is 0. The largest absolute Gasteiger partial charge is 0.473 e. The molecule has 0 atom stereocenters. The van der Waals surface area contributed by atoms with Gasteiger partial charge in [0.1, 0.15) is 5.75 Å². The lowest BCUT2D eigenvalue weighted by atomic mass is 9.82. The first-order chi connectivity index (χ1) is 27.5. The minimum Gasteiger partial charge on any atom is -0.473 e. The van der Waals surface area contributed by atoms with Gasteiger partial charge in [-0.25, -0.2) is 0 Å². The molecule has 0 N–H and O–H groups in total. The highest BCUT2D eigenvalue weighted by molar-refractivity contribution is 7.25. The van der Waals surface area contributed by atoms with Gasteiger partial charge in [-0.3, -0.25) is 9.59 Å². The van der Waals surface area contributed by atoms with E-state index in [4.69, 9.17) is 4.74 Å². The number of fused-ring (bicyclic) bond motifs is 7. The lowest BCUT2D eigenvalue weighted by molar-refractivity contribution is 0.161. The monoisotopic (exact) mass is 754 g/mol. The molecule has 0 unspecified atom stereocenters. The van der Waals surface area contributed by atoms with Crippen molar-refractivity contribution in [3.05, 3.63) is 213 Å². The van der Waals surface area contributed by atoms with E-state index in [9.17, 15) is 9.59 Å². The van der Waals surface area contributed by atoms with Crippen molar-refractivity contribution < 1.29 is 4.74 Å². The molecule has 56 heavy (non-hydrogen) atoms. The number of hydrogen-bond acceptors (Lipinski definition) is 5. The van der Waals surface area contributed by atoms with Gasteiger partial charge in [-0.05, 0) is 99.8 Å². The van der Waals surface area contributed by atoms with Crippen molar-refractivity contribution in [1.82, 2.24) is 0 Å². The first-order valence-electron chi connectivity index (χ1n) is 18.6. The highest BCUT2D eigenvalue weighted by Gasteiger charge is 2.37. The molecule has 0 amide bonds. The predicted molar refractivity (Wildman–Crippen MR) is 236 cm³/mol. The van der Waals surface area contributed by atoms with Gasteiger partial charge in [-0.2, -0.15) is 0 Å². The maximum Gasteiger partial charge on any atom is 0.195 e. The zero-order valence-electron chi connectivity index (χ0n) is 29.9. The summed E-state index contributed by atoms with van der Waals surface area (Å²) in [5.74, 6) is 0.816. The molecular weight excluding hydrogens is 725 g/mol. The molecule has 264 valence electrons. The van der Waals surface area contributed by atoms with Crippen molar-refractivity contribution >= 4 is 79.9 Å². The molecule has 0 spiro atoms. The maximum absolute atomic E-state index is 13.5. The van der Waals surface area contributed by atoms with E-state index in [1.807, 2.05) is 60.7 Å². The zero-order valence-corrected chi connectivity index (χ0v) is 31.5. The first-order valence-corrected chi connectivity index (χ1v) is 20.2. The first kappa shape index (κ1) is 32.7. The number of benzene rings is 8. The topological polar surface area (TPSA) is 43.4 Å². The normalized spacial score (nSPS) is 13.4. The van der Waals surface area contributed by atoms with Gasteiger partial charge in [-0.15, -0.1) is 22.7 Å². The molecule has 3 nitrogen and oxygen atoms in total. The van der Waals surface area contributed by atoms with Gasteiger partial charge in [0.15, 0.2) is 16.5 Å². The third-order valence-corrected chi connectivity index (χ3v) is 13.4. The molecule has 1 aliphatic rings. The lowest BCUT2D eigenvalue weighted by Crippen LogP contribution is -2.34. The molecule has 0 bridgehead atoms. The fourth-order valence-corrected chi connectivity index (χ4v) is 10.3.